The molecular formula is C15H23N3O. The van der Waals surface area contributed by atoms with Crippen LogP contribution in [0.15, 0.2) is 18.5 Å². The third-order valence-electron chi connectivity index (χ3n) is 3.40. The first kappa shape index (κ1) is 13.8. The van der Waals surface area contributed by atoms with E-state index in [9.17, 15) is 4.79 Å². The quantitative estimate of drug-likeness (QED) is 0.857. The zero-order chi connectivity index (χ0) is 13.7. The second-order valence-corrected chi connectivity index (χ2v) is 5.69. The molecule has 104 valence electrons. The summed E-state index contributed by atoms with van der Waals surface area (Å²) in [7, 11) is 0. The highest BCUT2D eigenvalue weighted by atomic mass is 16.1. The maximum atomic E-state index is 12.0. The van der Waals surface area contributed by atoms with Gasteiger partial charge in [-0.2, -0.15) is 0 Å². The van der Waals surface area contributed by atoms with Crippen LogP contribution < -0.4 is 10.6 Å². The van der Waals surface area contributed by atoms with E-state index in [0.717, 1.165) is 5.69 Å². The minimum atomic E-state index is -0.0451. The molecular weight excluding hydrogens is 238 g/mol. The molecule has 4 nitrogen and oxygen atoms in total. The van der Waals surface area contributed by atoms with E-state index in [1.807, 2.05) is 6.07 Å². The molecule has 0 aliphatic heterocycles. The normalized spacial score (nSPS) is 15.7. The molecule has 2 rings (SSSR count). The minimum Gasteiger partial charge on any atom is -0.381 e. The Labute approximate surface area is 115 Å². The lowest BCUT2D eigenvalue weighted by molar-refractivity contribution is 0.0948. The van der Waals surface area contributed by atoms with Crippen molar-refractivity contribution in [2.45, 2.75) is 45.6 Å². The number of carbonyl (C=O) groups excluding carboxylic acids is 1. The lowest BCUT2D eigenvalue weighted by Gasteiger charge is -2.14. The summed E-state index contributed by atoms with van der Waals surface area (Å²) in [6, 6.07) is 2.43. The molecule has 1 fully saturated rings. The summed E-state index contributed by atoms with van der Waals surface area (Å²) >= 11 is 0. The van der Waals surface area contributed by atoms with Crippen LogP contribution in [0.25, 0.3) is 0 Å². The van der Waals surface area contributed by atoms with Gasteiger partial charge in [-0.25, -0.2) is 0 Å². The molecule has 0 unspecified atom stereocenters. The molecule has 1 amide bonds. The van der Waals surface area contributed by atoms with Crippen molar-refractivity contribution in [1.82, 2.24) is 10.3 Å². The molecule has 19 heavy (non-hydrogen) atoms. The summed E-state index contributed by atoms with van der Waals surface area (Å²) in [5.74, 6) is 0.410. The van der Waals surface area contributed by atoms with Crippen LogP contribution in [0.4, 0.5) is 5.69 Å². The molecule has 0 spiro atoms. The van der Waals surface area contributed by atoms with Gasteiger partial charge in [-0.3, -0.25) is 9.78 Å². The summed E-state index contributed by atoms with van der Waals surface area (Å²) in [6.07, 6.45) is 8.42. The molecule has 2 N–H and O–H groups in total. The van der Waals surface area contributed by atoms with Crippen LogP contribution in [0.3, 0.4) is 0 Å². The first-order chi connectivity index (χ1) is 9.15. The van der Waals surface area contributed by atoms with Crippen LogP contribution in [0.2, 0.25) is 0 Å². The summed E-state index contributed by atoms with van der Waals surface area (Å²) in [5.41, 5.74) is 1.58. The van der Waals surface area contributed by atoms with Gasteiger partial charge in [-0.15, -0.1) is 0 Å². The molecule has 1 saturated carbocycles. The van der Waals surface area contributed by atoms with E-state index in [2.05, 4.69) is 29.5 Å². The van der Waals surface area contributed by atoms with E-state index >= 15 is 0 Å². The van der Waals surface area contributed by atoms with E-state index in [1.54, 1.807) is 12.4 Å². The van der Waals surface area contributed by atoms with Crippen molar-refractivity contribution in [3.63, 3.8) is 0 Å². The van der Waals surface area contributed by atoms with Gasteiger partial charge in [0.15, 0.2) is 0 Å². The predicted molar refractivity (Wildman–Crippen MR) is 77.3 cm³/mol. The first-order valence-electron chi connectivity index (χ1n) is 7.15. The second kappa shape index (κ2) is 6.55. The average molecular weight is 261 g/mol. The van der Waals surface area contributed by atoms with Gasteiger partial charge in [0.25, 0.3) is 5.91 Å². The smallest absolute Gasteiger partial charge is 0.252 e. The number of pyridine rings is 1. The standard InChI is InChI=1S/C15H23N3O/c1-11(2)8-17-15(19)12-7-14(10-16-9-12)18-13-5-3-4-6-13/h7,9-11,13,18H,3-6,8H2,1-2H3,(H,17,19). The summed E-state index contributed by atoms with van der Waals surface area (Å²) in [6.45, 7) is 4.85. The molecule has 1 aliphatic carbocycles. The Bertz CT molecular complexity index is 425. The van der Waals surface area contributed by atoms with Gasteiger partial charge in [0, 0.05) is 25.0 Å². The molecule has 1 aromatic heterocycles. The number of nitrogens with one attached hydrogen (secondary N) is 2. The fourth-order valence-corrected chi connectivity index (χ4v) is 2.35. The number of carbonyl (C=O) groups is 1. The molecule has 0 aromatic carbocycles. The Hall–Kier alpha value is -1.58. The van der Waals surface area contributed by atoms with Gasteiger partial charge in [0.05, 0.1) is 11.3 Å². The molecule has 1 aromatic rings. The minimum absolute atomic E-state index is 0.0451. The van der Waals surface area contributed by atoms with E-state index < -0.39 is 0 Å². The number of aromatic nitrogens is 1. The molecule has 0 saturated heterocycles. The van der Waals surface area contributed by atoms with Crippen LogP contribution >= 0.6 is 0 Å². The van der Waals surface area contributed by atoms with Gasteiger partial charge in [0.1, 0.15) is 0 Å². The second-order valence-electron chi connectivity index (χ2n) is 5.69. The topological polar surface area (TPSA) is 54.0 Å². The monoisotopic (exact) mass is 261 g/mol. The van der Waals surface area contributed by atoms with Gasteiger partial charge >= 0.3 is 0 Å². The number of rotatable bonds is 5. The van der Waals surface area contributed by atoms with Crippen molar-refractivity contribution >= 4 is 11.6 Å². The number of nitrogens with zero attached hydrogens (tertiary/aromatic N) is 1. The van der Waals surface area contributed by atoms with Crippen LogP contribution in [0, 0.1) is 5.92 Å². The first-order valence-corrected chi connectivity index (χ1v) is 7.15. The zero-order valence-corrected chi connectivity index (χ0v) is 11.8. The summed E-state index contributed by atoms with van der Waals surface area (Å²) in [5, 5.41) is 6.37. The van der Waals surface area contributed by atoms with Crippen molar-refractivity contribution in [2.75, 3.05) is 11.9 Å². The average Bonchev–Trinajstić information content (AvgIpc) is 2.89. The molecule has 1 heterocycles. The Kier molecular flexibility index (Phi) is 4.77. The zero-order valence-electron chi connectivity index (χ0n) is 11.8. The molecule has 0 atom stereocenters. The highest BCUT2D eigenvalue weighted by molar-refractivity contribution is 5.94. The van der Waals surface area contributed by atoms with Gasteiger partial charge in [-0.1, -0.05) is 26.7 Å². The van der Waals surface area contributed by atoms with Crippen LogP contribution in [-0.2, 0) is 0 Å². The largest absolute Gasteiger partial charge is 0.381 e. The fraction of sp³-hybridized carbons (Fsp3) is 0.600. The van der Waals surface area contributed by atoms with Gasteiger partial charge < -0.3 is 10.6 Å². The van der Waals surface area contributed by atoms with Crippen molar-refractivity contribution < 1.29 is 4.79 Å². The summed E-state index contributed by atoms with van der Waals surface area (Å²) in [4.78, 5) is 16.1. The van der Waals surface area contributed by atoms with E-state index in [4.69, 9.17) is 0 Å². The lowest BCUT2D eigenvalue weighted by atomic mass is 10.2. The van der Waals surface area contributed by atoms with Crippen LogP contribution in [0.1, 0.15) is 49.9 Å². The van der Waals surface area contributed by atoms with E-state index in [0.29, 0.717) is 24.1 Å². The van der Waals surface area contributed by atoms with Crippen LogP contribution in [0.5, 0.6) is 0 Å². The summed E-state index contributed by atoms with van der Waals surface area (Å²) < 4.78 is 0. The van der Waals surface area contributed by atoms with Gasteiger partial charge in [-0.05, 0) is 24.8 Å². The Morgan fingerprint density at radius 3 is 2.79 bits per heavy atom. The molecule has 1 aliphatic rings. The Morgan fingerprint density at radius 2 is 2.11 bits per heavy atom. The Morgan fingerprint density at radius 1 is 1.37 bits per heavy atom. The van der Waals surface area contributed by atoms with Crippen molar-refractivity contribution in [3.05, 3.63) is 24.0 Å². The van der Waals surface area contributed by atoms with Crippen molar-refractivity contribution in [3.8, 4) is 0 Å². The van der Waals surface area contributed by atoms with Gasteiger partial charge in [0.2, 0.25) is 0 Å². The van der Waals surface area contributed by atoms with Crippen molar-refractivity contribution in [1.29, 1.82) is 0 Å². The van der Waals surface area contributed by atoms with Crippen LogP contribution in [-0.4, -0.2) is 23.5 Å². The SMILES string of the molecule is CC(C)CNC(=O)c1cncc(NC2CCCC2)c1. The highest BCUT2D eigenvalue weighted by Gasteiger charge is 2.15. The third-order valence-corrected chi connectivity index (χ3v) is 3.40. The molecule has 4 heteroatoms. The number of anilines is 1. The molecule has 0 radical (unpaired) electrons. The number of amides is 1. The number of hydrogen-bond acceptors (Lipinski definition) is 3. The number of hydrogen-bond donors (Lipinski definition) is 2. The van der Waals surface area contributed by atoms with Crippen molar-refractivity contribution in [2.24, 2.45) is 5.92 Å². The maximum Gasteiger partial charge on any atom is 0.252 e. The maximum absolute atomic E-state index is 12.0. The lowest BCUT2D eigenvalue weighted by Crippen LogP contribution is -2.27. The molecule has 0 bridgehead atoms. The highest BCUT2D eigenvalue weighted by Crippen LogP contribution is 2.22. The predicted octanol–water partition coefficient (Wildman–Crippen LogP) is 2.82. The van der Waals surface area contributed by atoms with E-state index in [1.165, 1.54) is 25.7 Å². The third kappa shape index (κ3) is 4.23. The Balaban J connectivity index is 1.95. The fourth-order valence-electron chi connectivity index (χ4n) is 2.35. The van der Waals surface area contributed by atoms with E-state index in [-0.39, 0.29) is 5.91 Å².